The molecule has 0 bridgehead atoms. The van der Waals surface area contributed by atoms with Crippen molar-refractivity contribution in [1.82, 2.24) is 64.0 Å². The van der Waals surface area contributed by atoms with Gasteiger partial charge in [-0.3, -0.25) is 9.36 Å². The van der Waals surface area contributed by atoms with Crippen molar-refractivity contribution < 1.29 is 18.0 Å². The van der Waals surface area contributed by atoms with E-state index in [9.17, 15) is 0 Å². The zero-order valence-corrected chi connectivity index (χ0v) is 39.6. The average Bonchev–Trinajstić information content (AvgIpc) is 4.23. The highest BCUT2D eigenvalue weighted by molar-refractivity contribution is 6.03. The van der Waals surface area contributed by atoms with E-state index in [1.165, 1.54) is 12.7 Å². The summed E-state index contributed by atoms with van der Waals surface area (Å²) in [6, 6.07) is 20.2. The Morgan fingerprint density at radius 1 is 0.556 bits per heavy atom. The minimum atomic E-state index is 0.136. The maximum absolute atomic E-state index is 6.21. The highest BCUT2D eigenvalue weighted by Crippen LogP contribution is 2.39. The van der Waals surface area contributed by atoms with Gasteiger partial charge >= 0.3 is 0 Å². The van der Waals surface area contributed by atoms with Crippen LogP contribution in [0.4, 0.5) is 35.5 Å². The predicted molar refractivity (Wildman–Crippen MR) is 276 cm³/mol. The van der Waals surface area contributed by atoms with Gasteiger partial charge in [-0.25, -0.2) is 24.9 Å². The van der Waals surface area contributed by atoms with E-state index in [1.807, 2.05) is 83.9 Å². The molecule has 0 unspecified atom stereocenters. The minimum absolute atomic E-state index is 0.136. The Hall–Kier alpha value is -9.38. The number of benzene rings is 3. The summed E-state index contributed by atoms with van der Waals surface area (Å²) in [4.78, 5) is 33.8. The van der Waals surface area contributed by atoms with Crippen LogP contribution in [0.3, 0.4) is 0 Å². The summed E-state index contributed by atoms with van der Waals surface area (Å²) in [6.07, 6.45) is 8.64. The Labute approximate surface area is 408 Å². The first-order valence-corrected chi connectivity index (χ1v) is 23.1. The van der Waals surface area contributed by atoms with Gasteiger partial charge in [-0.1, -0.05) is 6.07 Å². The van der Waals surface area contributed by atoms with Gasteiger partial charge in [0.25, 0.3) is 18.0 Å². The predicted octanol–water partition coefficient (Wildman–Crippen LogP) is 8.12. The monoisotopic (exact) mass is 967 g/mol. The van der Waals surface area contributed by atoms with Gasteiger partial charge in [0.2, 0.25) is 0 Å². The maximum Gasteiger partial charge on any atom is 0.292 e. The fourth-order valence-electron chi connectivity index (χ4n) is 9.18. The van der Waals surface area contributed by atoms with E-state index < -0.39 is 0 Å². The van der Waals surface area contributed by atoms with E-state index in [4.69, 9.17) is 57.5 Å². The SMILES string of the molecule is CC(C)n1nc(-c2ccc3oc(N)nc3c2)c2c(N)nccc21.CC(C)n1nc2ncnc(N)c2c1-c1ccc2oc(N)nc2c1.Nc1nc2cc(-c3cn(C4CCOCC4)c4ncnc(N)c34)ccc2o1. The van der Waals surface area contributed by atoms with Gasteiger partial charge < -0.3 is 57.0 Å². The standard InChI is InChI=1S/C18H18N6O2.C16H16N6O.C15H15N7O/c19-16-15-12(10-1-2-14-13(7-10)23-18(20)26-14)8-24(17(15)22-9-21-16)11-3-5-25-6-4-11;1-8(2)22-11-5-6-19-15(17)13(11)14(21-22)9-3-4-12-10(7-9)20-16(18)23-12;1-7(2)22-12(11-13(16)18-6-19-14(11)21-22)8-3-4-10-9(5-8)20-15(17)23-10/h1-2,7-9,11H,3-6H2,(H2,20,23)(H2,19,21,22);3-8H,1-2H3,(H2,17,19)(H2,18,20);3-7H,1-2H3,(H2,17,20)(H2,16,18,19,21). The molecule has 0 radical (unpaired) electrons. The second-order valence-electron chi connectivity index (χ2n) is 17.8. The first-order chi connectivity index (χ1) is 34.8. The molecule has 13 rings (SSSR count). The van der Waals surface area contributed by atoms with Gasteiger partial charge in [0.15, 0.2) is 22.4 Å². The smallest absolute Gasteiger partial charge is 0.292 e. The number of rotatable bonds is 6. The van der Waals surface area contributed by atoms with Crippen LogP contribution >= 0.6 is 0 Å². The van der Waals surface area contributed by atoms with Crippen molar-refractivity contribution in [2.75, 3.05) is 47.6 Å². The van der Waals surface area contributed by atoms with Crippen molar-refractivity contribution in [3.8, 4) is 33.6 Å². The van der Waals surface area contributed by atoms with E-state index >= 15 is 0 Å². The van der Waals surface area contributed by atoms with Crippen molar-refractivity contribution >= 4 is 102 Å². The van der Waals surface area contributed by atoms with Crippen LogP contribution in [0.25, 0.3) is 99.9 Å². The normalized spacial score (nSPS) is 13.2. The lowest BCUT2D eigenvalue weighted by Gasteiger charge is -2.24. The number of pyridine rings is 1. The third-order valence-electron chi connectivity index (χ3n) is 12.4. The number of ether oxygens (including phenoxy) is 1. The fraction of sp³-hybridized carbons (Fsp3) is 0.224. The maximum atomic E-state index is 6.21. The van der Waals surface area contributed by atoms with E-state index in [0.29, 0.717) is 62.4 Å². The van der Waals surface area contributed by atoms with Crippen LogP contribution in [-0.2, 0) is 4.74 Å². The van der Waals surface area contributed by atoms with Crippen LogP contribution in [-0.4, -0.2) is 77.2 Å². The van der Waals surface area contributed by atoms with Crippen LogP contribution in [0, 0.1) is 0 Å². The molecule has 0 amide bonds. The van der Waals surface area contributed by atoms with E-state index in [1.54, 1.807) is 6.20 Å². The van der Waals surface area contributed by atoms with E-state index in [0.717, 1.165) is 87.0 Å². The summed E-state index contributed by atoms with van der Waals surface area (Å²) in [5.41, 5.74) is 47.1. The Morgan fingerprint density at radius 2 is 1.10 bits per heavy atom. The molecule has 12 N–H and O–H groups in total. The molecule has 12 aromatic rings. The summed E-state index contributed by atoms with van der Waals surface area (Å²) >= 11 is 0. The Morgan fingerprint density at radius 3 is 1.72 bits per heavy atom. The number of oxazole rings is 3. The van der Waals surface area contributed by atoms with Gasteiger partial charge in [-0.2, -0.15) is 25.1 Å². The summed E-state index contributed by atoms with van der Waals surface area (Å²) in [6.45, 7) is 9.76. The first kappa shape index (κ1) is 45.1. The Kier molecular flexibility index (Phi) is 11.2. The van der Waals surface area contributed by atoms with Crippen LogP contribution < -0.4 is 34.4 Å². The third-order valence-corrected chi connectivity index (χ3v) is 12.4. The molecule has 0 spiro atoms. The van der Waals surface area contributed by atoms with Crippen molar-refractivity contribution in [3.63, 3.8) is 0 Å². The molecule has 1 aliphatic rings. The van der Waals surface area contributed by atoms with Crippen LogP contribution in [0.1, 0.15) is 58.7 Å². The number of nitrogen functional groups attached to an aromatic ring is 6. The Balaban J connectivity index is 0.000000117. The number of fused-ring (bicyclic) bond motifs is 6. The molecule has 0 aliphatic carbocycles. The molecular formula is C49H49N19O4. The van der Waals surface area contributed by atoms with Crippen LogP contribution in [0.15, 0.2) is 99.0 Å². The van der Waals surface area contributed by atoms with Crippen molar-refractivity contribution in [3.05, 3.63) is 85.7 Å². The number of hydrogen-bond donors (Lipinski definition) is 6. The molecule has 3 aromatic carbocycles. The number of anilines is 6. The third kappa shape index (κ3) is 8.05. The van der Waals surface area contributed by atoms with E-state index in [2.05, 4.69) is 69.6 Å². The van der Waals surface area contributed by atoms with Crippen LogP contribution in [0.2, 0.25) is 0 Å². The highest BCUT2D eigenvalue weighted by atomic mass is 16.5. The van der Waals surface area contributed by atoms with E-state index in [-0.39, 0.29) is 30.1 Å². The minimum Gasteiger partial charge on any atom is -0.424 e. The summed E-state index contributed by atoms with van der Waals surface area (Å²) in [5.74, 6) is 1.33. The largest absolute Gasteiger partial charge is 0.424 e. The second kappa shape index (κ2) is 17.9. The zero-order valence-electron chi connectivity index (χ0n) is 39.6. The van der Waals surface area contributed by atoms with Crippen LogP contribution in [0.5, 0.6) is 0 Å². The van der Waals surface area contributed by atoms with Crippen molar-refractivity contribution in [2.45, 2.75) is 58.7 Å². The lowest BCUT2D eigenvalue weighted by Crippen LogP contribution is -2.19. The molecule has 10 heterocycles. The van der Waals surface area contributed by atoms with Crippen molar-refractivity contribution in [1.29, 1.82) is 0 Å². The number of aromatic nitrogens is 13. The fourth-order valence-corrected chi connectivity index (χ4v) is 9.18. The second-order valence-corrected chi connectivity index (χ2v) is 17.8. The number of hydrogen-bond acceptors (Lipinski definition) is 20. The zero-order chi connectivity index (χ0) is 49.9. The molecule has 364 valence electrons. The van der Waals surface area contributed by atoms with Gasteiger partial charge in [0.05, 0.1) is 27.4 Å². The van der Waals surface area contributed by atoms with Gasteiger partial charge in [0, 0.05) is 60.4 Å². The molecule has 0 saturated carbocycles. The average molecular weight is 968 g/mol. The molecule has 72 heavy (non-hydrogen) atoms. The molecule has 0 atom stereocenters. The van der Waals surface area contributed by atoms with Gasteiger partial charge in [-0.05, 0) is 101 Å². The quantitative estimate of drug-likeness (QED) is 0.0915. The molecule has 23 nitrogen and oxygen atoms in total. The molecular weight excluding hydrogens is 919 g/mol. The first-order valence-electron chi connectivity index (χ1n) is 23.1. The molecule has 23 heteroatoms. The lowest BCUT2D eigenvalue weighted by molar-refractivity contribution is 0.0706. The van der Waals surface area contributed by atoms with Gasteiger partial charge in [-0.15, -0.1) is 0 Å². The summed E-state index contributed by atoms with van der Waals surface area (Å²) in [5, 5.41) is 11.7. The van der Waals surface area contributed by atoms with Gasteiger partial charge in [0.1, 0.15) is 58.0 Å². The number of nitrogens with two attached hydrogens (primary N) is 6. The molecule has 9 aromatic heterocycles. The number of nitrogens with zero attached hydrogens (tertiary/aromatic N) is 13. The molecule has 1 fully saturated rings. The van der Waals surface area contributed by atoms with Crippen molar-refractivity contribution in [2.24, 2.45) is 0 Å². The molecule has 1 saturated heterocycles. The topological polar surface area (TPSA) is 348 Å². The summed E-state index contributed by atoms with van der Waals surface area (Å²) in [7, 11) is 0. The lowest BCUT2D eigenvalue weighted by atomic mass is 10.1. The Bertz CT molecular complexity index is 3970. The summed E-state index contributed by atoms with van der Waals surface area (Å²) < 4.78 is 27.5. The highest BCUT2D eigenvalue weighted by Gasteiger charge is 2.24. The molecule has 1 aliphatic heterocycles.